The first-order valence-corrected chi connectivity index (χ1v) is 14.3. The smallest absolute Gasteiger partial charge is 0.308 e. The molecule has 0 spiro atoms. The summed E-state index contributed by atoms with van der Waals surface area (Å²) in [6, 6.07) is 9.87. The molecule has 1 saturated heterocycles. The summed E-state index contributed by atoms with van der Waals surface area (Å²) in [5.41, 5.74) is 3.63. The number of carboxylic acids is 1. The highest BCUT2D eigenvalue weighted by atomic mass is 19.1. The van der Waals surface area contributed by atoms with Crippen molar-refractivity contribution in [2.75, 3.05) is 47.0 Å². The maximum absolute atomic E-state index is 13.4. The van der Waals surface area contributed by atoms with E-state index >= 15 is 0 Å². The number of aryl methyl sites for hydroxylation is 1. The van der Waals surface area contributed by atoms with Gasteiger partial charge < -0.3 is 26.0 Å². The highest BCUT2D eigenvalue weighted by molar-refractivity contribution is 5.93. The van der Waals surface area contributed by atoms with Crippen molar-refractivity contribution in [3.63, 3.8) is 0 Å². The lowest BCUT2D eigenvalue weighted by atomic mass is 9.92. The van der Waals surface area contributed by atoms with Gasteiger partial charge >= 0.3 is 5.97 Å². The molecule has 5 rings (SSSR count). The van der Waals surface area contributed by atoms with Crippen molar-refractivity contribution in [3.8, 4) is 0 Å². The van der Waals surface area contributed by atoms with E-state index in [1.165, 1.54) is 30.1 Å². The Balaban J connectivity index is 1.21. The number of anilines is 4. The van der Waals surface area contributed by atoms with Crippen LogP contribution in [-0.4, -0.2) is 58.1 Å². The number of carboxylic acid groups (broad SMARTS) is 1. The van der Waals surface area contributed by atoms with Crippen LogP contribution in [0.15, 0.2) is 42.7 Å². The molecular weight excluding hydrogens is 525 g/mol. The minimum atomic E-state index is -1.10. The van der Waals surface area contributed by atoms with Crippen LogP contribution in [0, 0.1) is 11.7 Å². The first kappa shape index (κ1) is 28.3. The zero-order valence-electron chi connectivity index (χ0n) is 23.2. The molecule has 0 radical (unpaired) electrons. The summed E-state index contributed by atoms with van der Waals surface area (Å²) in [4.78, 5) is 40.6. The molecule has 4 N–H and O–H groups in total. The SMILES string of the molecule is CCc1c(NC[C@H](CC(=O)Nc2cccc(F)c2)C(=O)O)ncnc1N1CCC(c2ccc3c(n2)NCCC3)CC1. The molecule has 0 saturated carbocycles. The van der Waals surface area contributed by atoms with E-state index in [9.17, 15) is 19.1 Å². The van der Waals surface area contributed by atoms with Crippen LogP contribution in [0.25, 0.3) is 0 Å². The van der Waals surface area contributed by atoms with Crippen molar-refractivity contribution in [3.05, 3.63) is 65.4 Å². The average Bonchev–Trinajstić information content (AvgIpc) is 2.98. The number of benzene rings is 1. The highest BCUT2D eigenvalue weighted by Gasteiger charge is 2.27. The normalized spacial score (nSPS) is 15.9. The fraction of sp³-hybridized carbons (Fsp3) is 0.433. The van der Waals surface area contributed by atoms with Crippen molar-refractivity contribution in [1.29, 1.82) is 0 Å². The number of aliphatic carboxylic acids is 1. The lowest BCUT2D eigenvalue weighted by Gasteiger charge is -2.34. The first-order chi connectivity index (χ1) is 19.9. The van der Waals surface area contributed by atoms with Gasteiger partial charge in [-0.1, -0.05) is 19.1 Å². The van der Waals surface area contributed by atoms with Crippen molar-refractivity contribution >= 4 is 35.0 Å². The molecule has 1 fully saturated rings. The van der Waals surface area contributed by atoms with Gasteiger partial charge in [0.25, 0.3) is 0 Å². The van der Waals surface area contributed by atoms with Gasteiger partial charge in [-0.3, -0.25) is 9.59 Å². The number of amides is 1. The van der Waals surface area contributed by atoms with Gasteiger partial charge in [0.1, 0.15) is 29.6 Å². The molecule has 0 aliphatic carbocycles. The minimum Gasteiger partial charge on any atom is -0.481 e. The molecule has 3 aromatic rings. The summed E-state index contributed by atoms with van der Waals surface area (Å²) < 4.78 is 13.4. The number of carbonyl (C=O) groups excluding carboxylic acids is 1. The molecule has 41 heavy (non-hydrogen) atoms. The quantitative estimate of drug-likeness (QED) is 0.283. The molecule has 1 atom stereocenters. The second-order valence-electron chi connectivity index (χ2n) is 10.6. The van der Waals surface area contributed by atoms with E-state index in [-0.39, 0.29) is 18.7 Å². The predicted octanol–water partition coefficient (Wildman–Crippen LogP) is 4.46. The number of nitrogens with one attached hydrogen (secondary N) is 3. The number of hydrogen-bond donors (Lipinski definition) is 4. The van der Waals surface area contributed by atoms with Gasteiger partial charge in [0.2, 0.25) is 5.91 Å². The van der Waals surface area contributed by atoms with Crippen molar-refractivity contribution in [2.24, 2.45) is 5.92 Å². The fourth-order valence-electron chi connectivity index (χ4n) is 5.58. The molecule has 2 aromatic heterocycles. The Morgan fingerprint density at radius 1 is 1.20 bits per heavy atom. The van der Waals surface area contributed by atoms with Crippen LogP contribution in [0.1, 0.15) is 55.3 Å². The predicted molar refractivity (Wildman–Crippen MR) is 156 cm³/mol. The van der Waals surface area contributed by atoms with Crippen LogP contribution in [0.4, 0.5) is 27.5 Å². The summed E-state index contributed by atoms with van der Waals surface area (Å²) in [6.07, 6.45) is 6.03. The van der Waals surface area contributed by atoms with Gasteiger partial charge in [-0.2, -0.15) is 0 Å². The molecule has 4 heterocycles. The third kappa shape index (κ3) is 6.90. The second kappa shape index (κ2) is 12.9. The Morgan fingerprint density at radius 3 is 2.78 bits per heavy atom. The van der Waals surface area contributed by atoms with Crippen LogP contribution in [-0.2, 0) is 22.4 Å². The number of halogens is 1. The molecule has 2 aliphatic heterocycles. The van der Waals surface area contributed by atoms with E-state index < -0.39 is 23.6 Å². The molecule has 0 bridgehead atoms. The largest absolute Gasteiger partial charge is 0.481 e. The van der Waals surface area contributed by atoms with Crippen LogP contribution >= 0.6 is 0 Å². The number of aromatic nitrogens is 3. The summed E-state index contributed by atoms with van der Waals surface area (Å²) in [5.74, 6) is -0.258. The summed E-state index contributed by atoms with van der Waals surface area (Å²) in [7, 11) is 0. The number of hydrogen-bond acceptors (Lipinski definition) is 8. The van der Waals surface area contributed by atoms with Crippen molar-refractivity contribution in [2.45, 2.75) is 51.4 Å². The van der Waals surface area contributed by atoms with E-state index in [1.807, 2.05) is 6.92 Å². The summed E-state index contributed by atoms with van der Waals surface area (Å²) in [5, 5.41) is 18.9. The van der Waals surface area contributed by atoms with Crippen LogP contribution in [0.2, 0.25) is 0 Å². The number of carbonyl (C=O) groups is 2. The number of pyridine rings is 1. The van der Waals surface area contributed by atoms with Crippen molar-refractivity contribution in [1.82, 2.24) is 15.0 Å². The maximum atomic E-state index is 13.4. The highest BCUT2D eigenvalue weighted by Crippen LogP contribution is 2.33. The molecule has 2 aliphatic rings. The zero-order valence-corrected chi connectivity index (χ0v) is 23.2. The van der Waals surface area contributed by atoms with E-state index in [0.29, 0.717) is 18.2 Å². The zero-order chi connectivity index (χ0) is 28.8. The van der Waals surface area contributed by atoms with Gasteiger partial charge in [0.15, 0.2) is 0 Å². The minimum absolute atomic E-state index is 0.00939. The Bertz CT molecular complexity index is 1390. The standard InChI is InChI=1S/C30H36FN7O3/c1-2-24-28(33-17-21(30(40)41)15-26(39)36-23-7-3-6-22(31)16-23)34-18-35-29(24)38-13-10-19(11-14-38)25-9-8-20-5-4-12-32-27(20)37-25/h3,6-9,16,18-19,21H,2,4-5,10-15,17H2,1H3,(H,32,37)(H,36,39)(H,40,41)(H,33,34,35)/t21-/m0/s1. The van der Waals surface area contributed by atoms with E-state index in [2.05, 4.69) is 43.0 Å². The van der Waals surface area contributed by atoms with E-state index in [0.717, 1.165) is 68.2 Å². The van der Waals surface area contributed by atoms with E-state index in [1.54, 1.807) is 6.07 Å². The van der Waals surface area contributed by atoms with Crippen LogP contribution in [0.5, 0.6) is 0 Å². The average molecular weight is 562 g/mol. The van der Waals surface area contributed by atoms with Crippen molar-refractivity contribution < 1.29 is 19.1 Å². The summed E-state index contributed by atoms with van der Waals surface area (Å²) in [6.45, 7) is 4.67. The topological polar surface area (TPSA) is 132 Å². The molecule has 10 nitrogen and oxygen atoms in total. The fourth-order valence-corrected chi connectivity index (χ4v) is 5.58. The lowest BCUT2D eigenvalue weighted by molar-refractivity contribution is -0.142. The number of piperidine rings is 1. The Morgan fingerprint density at radius 2 is 2.02 bits per heavy atom. The lowest BCUT2D eigenvalue weighted by Crippen LogP contribution is -2.35. The Kier molecular flexibility index (Phi) is 8.91. The van der Waals surface area contributed by atoms with Gasteiger partial charge in [0.05, 0.1) is 5.92 Å². The molecule has 11 heteroatoms. The molecule has 216 valence electrons. The molecule has 0 unspecified atom stereocenters. The van der Waals surface area contributed by atoms with Crippen LogP contribution < -0.4 is 20.9 Å². The van der Waals surface area contributed by atoms with E-state index in [4.69, 9.17) is 4.98 Å². The maximum Gasteiger partial charge on any atom is 0.308 e. The molecular formula is C30H36FN7O3. The molecule has 1 aromatic carbocycles. The van der Waals surface area contributed by atoms with Gasteiger partial charge in [-0.15, -0.1) is 0 Å². The van der Waals surface area contributed by atoms with Gasteiger partial charge in [0, 0.05) is 55.5 Å². The second-order valence-corrected chi connectivity index (χ2v) is 10.6. The Hall–Kier alpha value is -4.28. The third-order valence-corrected chi connectivity index (χ3v) is 7.81. The number of nitrogens with zero attached hydrogens (tertiary/aromatic N) is 4. The number of rotatable bonds is 10. The summed E-state index contributed by atoms with van der Waals surface area (Å²) >= 11 is 0. The van der Waals surface area contributed by atoms with Gasteiger partial charge in [-0.25, -0.2) is 19.3 Å². The molecule has 1 amide bonds. The first-order valence-electron chi connectivity index (χ1n) is 14.3. The number of fused-ring (bicyclic) bond motifs is 1. The van der Waals surface area contributed by atoms with Crippen LogP contribution in [0.3, 0.4) is 0 Å². The monoisotopic (exact) mass is 561 g/mol. The van der Waals surface area contributed by atoms with Gasteiger partial charge in [-0.05, 0) is 61.9 Å². The third-order valence-electron chi connectivity index (χ3n) is 7.81. The Labute approximate surface area is 238 Å².